The number of carbonyl (C=O) groups excluding carboxylic acids is 1. The lowest BCUT2D eigenvalue weighted by atomic mass is 10.2. The van der Waals surface area contributed by atoms with Crippen molar-refractivity contribution in [3.8, 4) is 11.1 Å². The van der Waals surface area contributed by atoms with Crippen LogP contribution in [0.1, 0.15) is 11.3 Å². The number of rotatable bonds is 7. The van der Waals surface area contributed by atoms with E-state index >= 15 is 0 Å². The van der Waals surface area contributed by atoms with Crippen molar-refractivity contribution >= 4 is 29.0 Å². The molecule has 1 amide bonds. The van der Waals surface area contributed by atoms with Gasteiger partial charge in [-0.2, -0.15) is 0 Å². The van der Waals surface area contributed by atoms with Gasteiger partial charge in [0.15, 0.2) is 0 Å². The predicted octanol–water partition coefficient (Wildman–Crippen LogP) is 4.81. The van der Waals surface area contributed by atoms with Gasteiger partial charge < -0.3 is 9.73 Å². The maximum Gasteiger partial charge on any atom is 0.221 e. The fourth-order valence-corrected chi connectivity index (χ4v) is 3.81. The standard InChI is InChI=1S/C18H17NO2S2/c20-18(7-9-22-16-4-2-1-3-5-16)19-11-17-10-15(13-23-17)14-6-8-21-12-14/h1-6,8,10,12-13H,7,9,11H2,(H,19,20). The molecule has 0 atom stereocenters. The predicted molar refractivity (Wildman–Crippen MR) is 95.7 cm³/mol. The summed E-state index contributed by atoms with van der Waals surface area (Å²) in [7, 11) is 0. The third-order valence-corrected chi connectivity index (χ3v) is 5.26. The quantitative estimate of drug-likeness (QED) is 0.626. The third-order valence-electron chi connectivity index (χ3n) is 3.31. The molecule has 5 heteroatoms. The summed E-state index contributed by atoms with van der Waals surface area (Å²) < 4.78 is 5.09. The second kappa shape index (κ2) is 8.04. The summed E-state index contributed by atoms with van der Waals surface area (Å²) in [4.78, 5) is 14.2. The van der Waals surface area contributed by atoms with Gasteiger partial charge in [-0.25, -0.2) is 0 Å². The molecule has 0 saturated carbocycles. The van der Waals surface area contributed by atoms with Gasteiger partial charge in [0.05, 0.1) is 19.1 Å². The number of carbonyl (C=O) groups is 1. The zero-order chi connectivity index (χ0) is 15.9. The van der Waals surface area contributed by atoms with E-state index in [-0.39, 0.29) is 5.91 Å². The maximum atomic E-state index is 11.9. The Bertz CT molecular complexity index is 735. The molecule has 0 radical (unpaired) electrons. The number of thiophene rings is 1. The van der Waals surface area contributed by atoms with Gasteiger partial charge in [-0.15, -0.1) is 23.1 Å². The Morgan fingerprint density at radius 2 is 2.04 bits per heavy atom. The van der Waals surface area contributed by atoms with Gasteiger partial charge in [0.25, 0.3) is 0 Å². The van der Waals surface area contributed by atoms with Gasteiger partial charge >= 0.3 is 0 Å². The van der Waals surface area contributed by atoms with Crippen molar-refractivity contribution in [2.75, 3.05) is 5.75 Å². The van der Waals surface area contributed by atoms with Crippen LogP contribution in [-0.2, 0) is 11.3 Å². The molecule has 0 unspecified atom stereocenters. The number of hydrogen-bond donors (Lipinski definition) is 1. The zero-order valence-corrected chi connectivity index (χ0v) is 14.2. The Balaban J connectivity index is 1.41. The van der Waals surface area contributed by atoms with Crippen LogP contribution in [0.3, 0.4) is 0 Å². The van der Waals surface area contributed by atoms with Crippen LogP contribution >= 0.6 is 23.1 Å². The van der Waals surface area contributed by atoms with Crippen molar-refractivity contribution in [1.82, 2.24) is 5.32 Å². The number of thioether (sulfide) groups is 1. The molecule has 118 valence electrons. The summed E-state index contributed by atoms with van der Waals surface area (Å²) in [5.74, 6) is 0.882. The SMILES string of the molecule is O=C(CCSc1ccccc1)NCc1cc(-c2ccoc2)cs1. The number of furan rings is 1. The molecular formula is C18H17NO2S2. The minimum absolute atomic E-state index is 0.0895. The minimum atomic E-state index is 0.0895. The Morgan fingerprint density at radius 3 is 2.83 bits per heavy atom. The van der Waals surface area contributed by atoms with Gasteiger partial charge in [-0.05, 0) is 35.2 Å². The minimum Gasteiger partial charge on any atom is -0.472 e. The molecule has 1 N–H and O–H groups in total. The van der Waals surface area contributed by atoms with Crippen LogP contribution in [0, 0.1) is 0 Å². The van der Waals surface area contributed by atoms with Crippen molar-refractivity contribution in [3.63, 3.8) is 0 Å². The van der Waals surface area contributed by atoms with Crippen LogP contribution in [0.4, 0.5) is 0 Å². The number of nitrogens with one attached hydrogen (secondary N) is 1. The van der Waals surface area contributed by atoms with Gasteiger partial charge in [-0.1, -0.05) is 18.2 Å². The van der Waals surface area contributed by atoms with Crippen LogP contribution in [0.5, 0.6) is 0 Å². The number of hydrogen-bond acceptors (Lipinski definition) is 4. The highest BCUT2D eigenvalue weighted by Gasteiger charge is 2.06. The summed E-state index contributed by atoms with van der Waals surface area (Å²) in [5, 5.41) is 5.06. The molecule has 0 saturated heterocycles. The maximum absolute atomic E-state index is 11.9. The van der Waals surface area contributed by atoms with Crippen molar-refractivity contribution in [2.24, 2.45) is 0 Å². The molecule has 2 heterocycles. The molecule has 2 aromatic heterocycles. The summed E-state index contributed by atoms with van der Waals surface area (Å²) in [6, 6.07) is 14.2. The lowest BCUT2D eigenvalue weighted by Crippen LogP contribution is -2.22. The lowest BCUT2D eigenvalue weighted by molar-refractivity contribution is -0.120. The lowest BCUT2D eigenvalue weighted by Gasteiger charge is -2.04. The monoisotopic (exact) mass is 343 g/mol. The molecule has 0 aliphatic carbocycles. The van der Waals surface area contributed by atoms with Gasteiger partial charge in [0, 0.05) is 27.5 Å². The van der Waals surface area contributed by atoms with Crippen molar-refractivity contribution in [2.45, 2.75) is 17.9 Å². The molecule has 23 heavy (non-hydrogen) atoms. The normalized spacial score (nSPS) is 10.6. The van der Waals surface area contributed by atoms with Crippen molar-refractivity contribution in [3.05, 3.63) is 65.2 Å². The van der Waals surface area contributed by atoms with Crippen LogP contribution in [0.2, 0.25) is 0 Å². The Morgan fingerprint density at radius 1 is 1.17 bits per heavy atom. The van der Waals surface area contributed by atoms with E-state index in [0.29, 0.717) is 13.0 Å². The van der Waals surface area contributed by atoms with Crippen LogP contribution in [0.15, 0.2) is 69.7 Å². The van der Waals surface area contributed by atoms with Gasteiger partial charge in [0.2, 0.25) is 5.91 Å². The van der Waals surface area contributed by atoms with E-state index < -0.39 is 0 Å². The molecule has 1 aromatic carbocycles. The first-order valence-corrected chi connectivity index (χ1v) is 9.22. The second-order valence-corrected chi connectivity index (χ2v) is 7.17. The zero-order valence-electron chi connectivity index (χ0n) is 12.5. The summed E-state index contributed by atoms with van der Waals surface area (Å²) in [6.07, 6.45) is 3.92. The summed E-state index contributed by atoms with van der Waals surface area (Å²) in [6.45, 7) is 0.581. The average molecular weight is 343 g/mol. The topological polar surface area (TPSA) is 42.2 Å². The smallest absolute Gasteiger partial charge is 0.221 e. The molecule has 3 nitrogen and oxygen atoms in total. The fraction of sp³-hybridized carbons (Fsp3) is 0.167. The van der Waals surface area contributed by atoms with E-state index in [1.807, 2.05) is 24.3 Å². The van der Waals surface area contributed by atoms with Crippen molar-refractivity contribution in [1.29, 1.82) is 0 Å². The number of amides is 1. The van der Waals surface area contributed by atoms with E-state index in [1.165, 1.54) is 4.90 Å². The number of benzene rings is 1. The van der Waals surface area contributed by atoms with Crippen LogP contribution in [0.25, 0.3) is 11.1 Å². The highest BCUT2D eigenvalue weighted by molar-refractivity contribution is 7.99. The molecule has 0 spiro atoms. The second-order valence-electron chi connectivity index (χ2n) is 5.00. The molecule has 0 aliphatic rings. The first kappa shape index (κ1) is 15.9. The Hall–Kier alpha value is -1.98. The molecule has 0 fully saturated rings. The van der Waals surface area contributed by atoms with Crippen LogP contribution in [-0.4, -0.2) is 11.7 Å². The van der Waals surface area contributed by atoms with E-state index in [1.54, 1.807) is 35.6 Å². The third kappa shape index (κ3) is 4.74. The van der Waals surface area contributed by atoms with Crippen molar-refractivity contribution < 1.29 is 9.21 Å². The first-order valence-electron chi connectivity index (χ1n) is 7.36. The Labute approximate surface area is 143 Å². The largest absolute Gasteiger partial charge is 0.472 e. The highest BCUT2D eigenvalue weighted by atomic mass is 32.2. The van der Waals surface area contributed by atoms with E-state index in [0.717, 1.165) is 21.8 Å². The Kier molecular flexibility index (Phi) is 5.56. The average Bonchev–Trinajstić information content (AvgIpc) is 3.25. The van der Waals surface area contributed by atoms with E-state index in [9.17, 15) is 4.79 Å². The van der Waals surface area contributed by atoms with Gasteiger partial charge in [0.1, 0.15) is 0 Å². The summed E-state index contributed by atoms with van der Waals surface area (Å²) >= 11 is 3.35. The first-order chi connectivity index (χ1) is 11.3. The van der Waals surface area contributed by atoms with E-state index in [4.69, 9.17) is 4.42 Å². The molecule has 0 bridgehead atoms. The molecule has 3 aromatic rings. The molecule has 3 rings (SSSR count). The fourth-order valence-electron chi connectivity index (χ4n) is 2.11. The molecule has 0 aliphatic heterocycles. The highest BCUT2D eigenvalue weighted by Crippen LogP contribution is 2.25. The van der Waals surface area contributed by atoms with Gasteiger partial charge in [-0.3, -0.25) is 4.79 Å². The molecular weight excluding hydrogens is 326 g/mol. The van der Waals surface area contributed by atoms with Crippen LogP contribution < -0.4 is 5.32 Å². The summed E-state index contributed by atoms with van der Waals surface area (Å²) in [5.41, 5.74) is 2.20. The van der Waals surface area contributed by atoms with E-state index in [2.05, 4.69) is 28.9 Å².